The van der Waals surface area contributed by atoms with Crippen LogP contribution in [0, 0.1) is 0 Å². The minimum absolute atomic E-state index is 0.0471. The molecule has 1 aliphatic carbocycles. The predicted octanol–water partition coefficient (Wildman–Crippen LogP) is 15.5. The third kappa shape index (κ3) is 4.72. The second-order valence-electron chi connectivity index (χ2n) is 19.0. The average molecular weight is 747 g/mol. The van der Waals surface area contributed by atoms with Gasteiger partial charge in [-0.2, -0.15) is 0 Å². The summed E-state index contributed by atoms with van der Waals surface area (Å²) in [7, 11) is 0. The number of nitrogens with zero attached hydrogens (tertiary/aromatic N) is 2. The van der Waals surface area contributed by atoms with E-state index in [9.17, 15) is 0 Å². The Morgan fingerprint density at radius 1 is 0.414 bits per heavy atom. The first kappa shape index (κ1) is 33.7. The average Bonchev–Trinajstić information content (AvgIpc) is 3.71. The van der Waals surface area contributed by atoms with Gasteiger partial charge < -0.3 is 9.13 Å². The molecule has 0 bridgehead atoms. The van der Waals surface area contributed by atoms with E-state index in [1.54, 1.807) is 0 Å². The van der Waals surface area contributed by atoms with Crippen LogP contribution in [0.4, 0.5) is 0 Å². The molecular weight excluding hydrogens is 701 g/mol. The standard InChI is InChI=1S/C56H46N2/c1-55(2,3)39-19-25-49-45(31-39)43-27-35-11-7-9-13-37(35)29-51(43)57(49)47-23-17-33-16-22-42-48(24-18-34-15-21-41(47)53(33)54(34)42)58-50-26-20-40(56(4,5)6)32-46(50)44-28-36-12-8-10-14-38(36)30-52(44)58/h7,9-11,13-32H,8,12H2,1-6H3. The van der Waals surface area contributed by atoms with E-state index < -0.39 is 0 Å². The van der Waals surface area contributed by atoms with E-state index in [4.69, 9.17) is 0 Å². The van der Waals surface area contributed by atoms with E-state index in [1.165, 1.54) is 120 Å². The maximum Gasteiger partial charge on any atom is 0.0547 e. The largest absolute Gasteiger partial charge is 0.309 e. The zero-order valence-electron chi connectivity index (χ0n) is 34.2. The molecule has 0 saturated carbocycles. The number of fused-ring (bicyclic) bond motifs is 8. The Bertz CT molecular complexity index is 3570. The minimum Gasteiger partial charge on any atom is -0.309 e. The number of hydrogen-bond acceptors (Lipinski definition) is 0. The molecule has 0 saturated heterocycles. The first-order valence-electron chi connectivity index (χ1n) is 21.0. The Morgan fingerprint density at radius 3 is 1.48 bits per heavy atom. The minimum atomic E-state index is 0.0471. The van der Waals surface area contributed by atoms with Gasteiger partial charge in [0.05, 0.1) is 33.4 Å². The highest BCUT2D eigenvalue weighted by Gasteiger charge is 2.24. The molecule has 2 aromatic heterocycles. The fourth-order valence-corrected chi connectivity index (χ4v) is 10.3. The van der Waals surface area contributed by atoms with Gasteiger partial charge in [0.15, 0.2) is 0 Å². The number of allylic oxidation sites excluding steroid dienone is 1. The maximum atomic E-state index is 2.55. The summed E-state index contributed by atoms with van der Waals surface area (Å²) in [6.45, 7) is 13.9. The van der Waals surface area contributed by atoms with E-state index in [0.29, 0.717) is 0 Å². The lowest BCUT2D eigenvalue weighted by atomic mass is 9.86. The fourth-order valence-electron chi connectivity index (χ4n) is 10.3. The van der Waals surface area contributed by atoms with E-state index in [0.717, 1.165) is 12.8 Å². The Labute approximate surface area is 339 Å². The van der Waals surface area contributed by atoms with Gasteiger partial charge in [-0.1, -0.05) is 126 Å². The van der Waals surface area contributed by atoms with Crippen LogP contribution in [0.15, 0.2) is 140 Å². The van der Waals surface area contributed by atoms with Gasteiger partial charge in [0.2, 0.25) is 0 Å². The van der Waals surface area contributed by atoms with Crippen molar-refractivity contribution in [3.63, 3.8) is 0 Å². The van der Waals surface area contributed by atoms with Crippen LogP contribution in [-0.4, -0.2) is 9.13 Å². The van der Waals surface area contributed by atoms with Crippen LogP contribution in [0.25, 0.3) is 104 Å². The molecule has 12 rings (SSSR count). The molecule has 58 heavy (non-hydrogen) atoms. The second-order valence-corrected chi connectivity index (χ2v) is 19.0. The molecular formula is C56H46N2. The lowest BCUT2D eigenvalue weighted by Gasteiger charge is -2.20. The van der Waals surface area contributed by atoms with Crippen molar-refractivity contribution in [1.29, 1.82) is 0 Å². The number of aryl methyl sites for hydroxylation is 1. The van der Waals surface area contributed by atoms with Crippen molar-refractivity contribution in [3.05, 3.63) is 162 Å². The van der Waals surface area contributed by atoms with Gasteiger partial charge in [0, 0.05) is 32.3 Å². The quantitative estimate of drug-likeness (QED) is 0.156. The number of rotatable bonds is 2. The summed E-state index contributed by atoms with van der Waals surface area (Å²) in [5.74, 6) is 0. The SMILES string of the molecule is CC(C)(C)c1ccc2c(c1)c1cc3c(cc1n2-c1ccc2ccc4c(-n5c6ccc(C(C)(C)C)cc6c6cc7ccccc7cc65)ccc5ccc1c2c54)C=CCC3. The third-order valence-electron chi connectivity index (χ3n) is 13.4. The van der Waals surface area contributed by atoms with Crippen LogP contribution in [-0.2, 0) is 17.3 Å². The summed E-state index contributed by atoms with van der Waals surface area (Å²) in [5, 5.41) is 15.6. The summed E-state index contributed by atoms with van der Waals surface area (Å²) in [5.41, 5.74) is 13.1. The Hall–Kier alpha value is -6.38. The lowest BCUT2D eigenvalue weighted by molar-refractivity contribution is 0.591. The monoisotopic (exact) mass is 746 g/mol. The predicted molar refractivity (Wildman–Crippen MR) is 251 cm³/mol. The molecule has 2 heterocycles. The summed E-state index contributed by atoms with van der Waals surface area (Å²) in [4.78, 5) is 0. The normalized spacial score (nSPS) is 13.8. The van der Waals surface area contributed by atoms with Crippen molar-refractivity contribution in [2.75, 3.05) is 0 Å². The van der Waals surface area contributed by atoms with Gasteiger partial charge in [-0.25, -0.2) is 0 Å². The van der Waals surface area contributed by atoms with Gasteiger partial charge in [0.25, 0.3) is 0 Å². The van der Waals surface area contributed by atoms with Gasteiger partial charge in [0.1, 0.15) is 0 Å². The topological polar surface area (TPSA) is 9.86 Å². The summed E-state index contributed by atoms with van der Waals surface area (Å²) in [6.07, 6.45) is 6.85. The van der Waals surface area contributed by atoms with Crippen molar-refractivity contribution >= 4 is 92.8 Å². The highest BCUT2D eigenvalue weighted by atomic mass is 15.0. The highest BCUT2D eigenvalue weighted by molar-refractivity contribution is 6.27. The molecule has 0 amide bonds. The van der Waals surface area contributed by atoms with Crippen molar-refractivity contribution in [2.45, 2.75) is 65.2 Å². The molecule has 9 aromatic carbocycles. The number of benzene rings is 9. The molecule has 0 fully saturated rings. The number of hydrogen-bond donors (Lipinski definition) is 0. The molecule has 0 radical (unpaired) electrons. The van der Waals surface area contributed by atoms with Gasteiger partial charge in [-0.15, -0.1) is 0 Å². The van der Waals surface area contributed by atoms with Crippen molar-refractivity contribution in [2.24, 2.45) is 0 Å². The fraction of sp³-hybridized carbons (Fsp3) is 0.179. The Morgan fingerprint density at radius 2 is 0.914 bits per heavy atom. The summed E-state index contributed by atoms with van der Waals surface area (Å²) >= 11 is 0. The van der Waals surface area contributed by atoms with Crippen LogP contribution < -0.4 is 0 Å². The molecule has 280 valence electrons. The van der Waals surface area contributed by atoms with Gasteiger partial charge >= 0.3 is 0 Å². The highest BCUT2D eigenvalue weighted by Crippen LogP contribution is 2.45. The van der Waals surface area contributed by atoms with Crippen molar-refractivity contribution < 1.29 is 0 Å². The summed E-state index contributed by atoms with van der Waals surface area (Å²) < 4.78 is 5.09. The maximum absolute atomic E-state index is 2.55. The van der Waals surface area contributed by atoms with Crippen LogP contribution in [0.5, 0.6) is 0 Å². The van der Waals surface area contributed by atoms with Crippen LogP contribution in [0.2, 0.25) is 0 Å². The molecule has 0 N–H and O–H groups in total. The zero-order chi connectivity index (χ0) is 39.2. The Balaban J connectivity index is 1.17. The smallest absolute Gasteiger partial charge is 0.0547 e. The van der Waals surface area contributed by atoms with E-state index in [2.05, 4.69) is 196 Å². The van der Waals surface area contributed by atoms with E-state index in [-0.39, 0.29) is 10.8 Å². The lowest BCUT2D eigenvalue weighted by Crippen LogP contribution is -2.10. The first-order chi connectivity index (χ1) is 28.0. The second kappa shape index (κ2) is 11.6. The molecule has 2 nitrogen and oxygen atoms in total. The molecule has 1 aliphatic rings. The van der Waals surface area contributed by atoms with Crippen molar-refractivity contribution in [3.8, 4) is 11.4 Å². The third-order valence-corrected chi connectivity index (χ3v) is 13.4. The molecule has 0 spiro atoms. The Kier molecular flexibility index (Phi) is 6.75. The first-order valence-corrected chi connectivity index (χ1v) is 21.0. The number of aromatic nitrogens is 2. The molecule has 0 atom stereocenters. The van der Waals surface area contributed by atoms with E-state index in [1.807, 2.05) is 0 Å². The van der Waals surface area contributed by atoms with Gasteiger partial charge in [-0.3, -0.25) is 0 Å². The summed E-state index contributed by atoms with van der Waals surface area (Å²) in [6, 6.07) is 51.7. The van der Waals surface area contributed by atoms with Crippen LogP contribution in [0.3, 0.4) is 0 Å². The molecule has 2 heteroatoms. The molecule has 0 aliphatic heterocycles. The van der Waals surface area contributed by atoms with Crippen molar-refractivity contribution in [1.82, 2.24) is 9.13 Å². The van der Waals surface area contributed by atoms with Crippen LogP contribution in [0.1, 0.15) is 70.2 Å². The zero-order valence-corrected chi connectivity index (χ0v) is 34.2. The van der Waals surface area contributed by atoms with Crippen LogP contribution >= 0.6 is 0 Å². The molecule has 0 unspecified atom stereocenters. The van der Waals surface area contributed by atoms with E-state index >= 15 is 0 Å². The molecule has 11 aromatic rings. The van der Waals surface area contributed by atoms with Gasteiger partial charge in [-0.05, 0) is 139 Å².